The number of carbonyl (C=O) groups excluding carboxylic acids is 1. The van der Waals surface area contributed by atoms with Gasteiger partial charge in [0.25, 0.3) is 0 Å². The summed E-state index contributed by atoms with van der Waals surface area (Å²) < 4.78 is 5.13. The molecule has 2 N–H and O–H groups in total. The number of rotatable bonds is 7. The molecule has 1 unspecified atom stereocenters. The van der Waals surface area contributed by atoms with Crippen LogP contribution in [0.4, 0.5) is 0 Å². The average molecular weight is 306 g/mol. The first-order chi connectivity index (χ1) is 10.7. The number of nitrogens with one attached hydrogen (secondary N) is 1. The van der Waals surface area contributed by atoms with E-state index in [-0.39, 0.29) is 13.2 Å². The Morgan fingerprint density at radius 2 is 2.14 bits per heavy atom. The molecule has 1 aromatic carbocycles. The van der Waals surface area contributed by atoms with Gasteiger partial charge in [-0.1, -0.05) is 30.3 Å². The summed E-state index contributed by atoms with van der Waals surface area (Å²) in [6.07, 6.45) is 1.80. The van der Waals surface area contributed by atoms with Gasteiger partial charge in [0.05, 0.1) is 26.0 Å². The number of esters is 1. The Bertz CT molecular complexity index is 532. The summed E-state index contributed by atoms with van der Waals surface area (Å²) in [7, 11) is 1.47. The second-order valence-corrected chi connectivity index (χ2v) is 5.20. The highest BCUT2D eigenvalue weighted by molar-refractivity contribution is 5.81. The van der Waals surface area contributed by atoms with Crippen molar-refractivity contribution in [3.8, 4) is 0 Å². The van der Waals surface area contributed by atoms with Crippen molar-refractivity contribution in [1.82, 2.24) is 10.4 Å². The normalized spacial score (nSPS) is 20.7. The number of ether oxygens (including phenoxy) is 1. The second kappa shape index (κ2) is 7.29. The van der Waals surface area contributed by atoms with Crippen LogP contribution in [0.15, 0.2) is 42.2 Å². The zero-order valence-corrected chi connectivity index (χ0v) is 12.9. The monoisotopic (exact) mass is 306 g/mol. The highest BCUT2D eigenvalue weighted by Gasteiger charge is 2.49. The molecule has 1 aliphatic heterocycles. The molecular weight excluding hydrogens is 284 g/mol. The molecule has 1 atom stereocenters. The summed E-state index contributed by atoms with van der Waals surface area (Å²) in [6.45, 7) is 2.63. The summed E-state index contributed by atoms with van der Waals surface area (Å²) in [5.41, 5.74) is 3.19. The lowest BCUT2D eigenvalue weighted by Crippen LogP contribution is -2.45. The number of hydroxylamine groups is 1. The fourth-order valence-corrected chi connectivity index (χ4v) is 2.58. The van der Waals surface area contributed by atoms with Gasteiger partial charge >= 0.3 is 5.97 Å². The average Bonchev–Trinajstić information content (AvgIpc) is 2.87. The molecule has 6 nitrogen and oxygen atoms in total. The lowest BCUT2D eigenvalue weighted by Gasteiger charge is -2.28. The molecule has 1 heterocycles. The van der Waals surface area contributed by atoms with Gasteiger partial charge in [-0.05, 0) is 12.5 Å². The minimum Gasteiger partial charge on any atom is -0.465 e. The van der Waals surface area contributed by atoms with Crippen molar-refractivity contribution in [2.24, 2.45) is 5.41 Å². The van der Waals surface area contributed by atoms with Crippen LogP contribution in [-0.2, 0) is 20.9 Å². The number of hydrogen-bond donors (Lipinski definition) is 2. The quantitative estimate of drug-likeness (QED) is 0.579. The Morgan fingerprint density at radius 3 is 2.73 bits per heavy atom. The standard InChI is InChI=1S/C16H22N2O4/c1-3-22-15(20)16(12-19)11-18(10-14(16)17-21-2)9-13-7-5-4-6-8-13/h4-8,10,17,19H,3,9,11-12H2,1-2H3. The molecule has 0 spiro atoms. The number of carbonyl (C=O) groups is 1. The summed E-state index contributed by atoms with van der Waals surface area (Å²) in [5, 5.41) is 9.83. The van der Waals surface area contributed by atoms with E-state index in [0.717, 1.165) is 5.56 Å². The number of aliphatic hydroxyl groups excluding tert-OH is 1. The van der Waals surface area contributed by atoms with Crippen molar-refractivity contribution in [2.75, 3.05) is 26.9 Å². The van der Waals surface area contributed by atoms with Crippen LogP contribution in [0, 0.1) is 5.41 Å². The fraction of sp³-hybridized carbons (Fsp3) is 0.438. The lowest BCUT2D eigenvalue weighted by atomic mass is 9.87. The van der Waals surface area contributed by atoms with Crippen molar-refractivity contribution in [1.29, 1.82) is 0 Å². The molecule has 0 bridgehead atoms. The van der Waals surface area contributed by atoms with E-state index in [1.165, 1.54) is 7.11 Å². The summed E-state index contributed by atoms with van der Waals surface area (Å²) in [4.78, 5) is 19.2. The van der Waals surface area contributed by atoms with Crippen LogP contribution in [0.1, 0.15) is 12.5 Å². The smallest absolute Gasteiger partial charge is 0.322 e. The molecule has 0 radical (unpaired) electrons. The molecule has 0 aromatic heterocycles. The van der Waals surface area contributed by atoms with Gasteiger partial charge in [-0.15, -0.1) is 0 Å². The summed E-state index contributed by atoms with van der Waals surface area (Å²) in [6, 6.07) is 9.92. The van der Waals surface area contributed by atoms with Gasteiger partial charge in [0, 0.05) is 19.3 Å². The molecule has 120 valence electrons. The van der Waals surface area contributed by atoms with Crippen LogP contribution < -0.4 is 5.48 Å². The van der Waals surface area contributed by atoms with Gasteiger partial charge in [-0.3, -0.25) is 15.1 Å². The minimum atomic E-state index is -1.14. The molecule has 1 aromatic rings. The van der Waals surface area contributed by atoms with E-state index in [1.807, 2.05) is 35.2 Å². The van der Waals surface area contributed by atoms with Crippen LogP contribution in [0.3, 0.4) is 0 Å². The number of benzene rings is 1. The largest absolute Gasteiger partial charge is 0.465 e. The SMILES string of the molecule is CCOC(=O)C1(CO)CN(Cc2ccccc2)C=C1NOC. The third-order valence-corrected chi connectivity index (χ3v) is 3.68. The molecular formula is C16H22N2O4. The van der Waals surface area contributed by atoms with Crippen molar-refractivity contribution in [3.05, 3.63) is 47.8 Å². The van der Waals surface area contributed by atoms with Gasteiger partial charge in [0.15, 0.2) is 5.41 Å². The van der Waals surface area contributed by atoms with Gasteiger partial charge in [-0.2, -0.15) is 0 Å². The third kappa shape index (κ3) is 3.23. The van der Waals surface area contributed by atoms with Crippen LogP contribution in [0.5, 0.6) is 0 Å². The Labute approximate surface area is 130 Å². The lowest BCUT2D eigenvalue weighted by molar-refractivity contribution is -0.156. The Balaban J connectivity index is 2.21. The van der Waals surface area contributed by atoms with E-state index in [4.69, 9.17) is 9.57 Å². The van der Waals surface area contributed by atoms with Crippen molar-refractivity contribution in [2.45, 2.75) is 13.5 Å². The van der Waals surface area contributed by atoms with Gasteiger partial charge in [0.2, 0.25) is 0 Å². The van der Waals surface area contributed by atoms with Crippen molar-refractivity contribution in [3.63, 3.8) is 0 Å². The number of nitrogens with zero attached hydrogens (tertiary/aromatic N) is 1. The van der Waals surface area contributed by atoms with Gasteiger partial charge in [0.1, 0.15) is 0 Å². The highest BCUT2D eigenvalue weighted by Crippen LogP contribution is 2.35. The predicted octanol–water partition coefficient (Wildman–Crippen LogP) is 1.04. The van der Waals surface area contributed by atoms with E-state index in [0.29, 0.717) is 18.8 Å². The maximum atomic E-state index is 12.3. The Hall–Kier alpha value is -2.05. The molecule has 2 rings (SSSR count). The van der Waals surface area contributed by atoms with E-state index in [9.17, 15) is 9.90 Å². The van der Waals surface area contributed by atoms with Crippen molar-refractivity contribution >= 4 is 5.97 Å². The molecule has 0 fully saturated rings. The Kier molecular flexibility index (Phi) is 5.41. The molecule has 0 saturated heterocycles. The maximum Gasteiger partial charge on any atom is 0.322 e. The topological polar surface area (TPSA) is 71.0 Å². The molecule has 0 amide bonds. The van der Waals surface area contributed by atoms with Crippen LogP contribution in [0.25, 0.3) is 0 Å². The maximum absolute atomic E-state index is 12.3. The number of aliphatic hydroxyl groups is 1. The molecule has 0 saturated carbocycles. The predicted molar refractivity (Wildman–Crippen MR) is 81.2 cm³/mol. The first kappa shape index (κ1) is 16.3. The third-order valence-electron chi connectivity index (χ3n) is 3.68. The zero-order valence-electron chi connectivity index (χ0n) is 12.9. The molecule has 0 aliphatic carbocycles. The molecule has 22 heavy (non-hydrogen) atoms. The van der Waals surface area contributed by atoms with Crippen LogP contribution in [-0.4, -0.2) is 42.8 Å². The van der Waals surface area contributed by atoms with Crippen LogP contribution in [0.2, 0.25) is 0 Å². The highest BCUT2D eigenvalue weighted by atomic mass is 16.6. The van der Waals surface area contributed by atoms with Gasteiger partial charge in [-0.25, -0.2) is 0 Å². The summed E-state index contributed by atoms with van der Waals surface area (Å²) in [5.74, 6) is -0.455. The first-order valence-electron chi connectivity index (χ1n) is 7.23. The van der Waals surface area contributed by atoms with Gasteiger partial charge < -0.3 is 14.7 Å². The zero-order chi connectivity index (χ0) is 16.0. The van der Waals surface area contributed by atoms with E-state index < -0.39 is 11.4 Å². The first-order valence-corrected chi connectivity index (χ1v) is 7.23. The van der Waals surface area contributed by atoms with Crippen molar-refractivity contribution < 1.29 is 19.5 Å². The molecule has 6 heteroatoms. The van der Waals surface area contributed by atoms with E-state index >= 15 is 0 Å². The number of hydrogen-bond acceptors (Lipinski definition) is 6. The fourth-order valence-electron chi connectivity index (χ4n) is 2.58. The second-order valence-electron chi connectivity index (χ2n) is 5.20. The van der Waals surface area contributed by atoms with Crippen LogP contribution >= 0.6 is 0 Å². The molecule has 1 aliphatic rings. The van der Waals surface area contributed by atoms with E-state index in [2.05, 4.69) is 5.48 Å². The van der Waals surface area contributed by atoms with E-state index in [1.54, 1.807) is 13.1 Å². The summed E-state index contributed by atoms with van der Waals surface area (Å²) >= 11 is 0. The Morgan fingerprint density at radius 1 is 1.41 bits per heavy atom. The minimum absolute atomic E-state index is 0.263.